The Labute approximate surface area is 177 Å². The molecular weight excluding hydrogens is 462 g/mol. The molecule has 1 amide bonds. The monoisotopic (exact) mass is 492 g/mol. The van der Waals surface area contributed by atoms with Gasteiger partial charge in [-0.05, 0) is 44.0 Å². The summed E-state index contributed by atoms with van der Waals surface area (Å²) in [7, 11) is 1.68. The molecular formula is C19H30FIN4O2. The summed E-state index contributed by atoms with van der Waals surface area (Å²) in [5.41, 5.74) is 0. The molecule has 0 heterocycles. The van der Waals surface area contributed by atoms with E-state index in [1.807, 2.05) is 6.92 Å². The molecule has 0 bridgehead atoms. The van der Waals surface area contributed by atoms with E-state index in [2.05, 4.69) is 20.9 Å². The van der Waals surface area contributed by atoms with Gasteiger partial charge in [-0.25, -0.2) is 4.39 Å². The van der Waals surface area contributed by atoms with Crippen LogP contribution in [0, 0.1) is 5.82 Å². The second kappa shape index (κ2) is 12.7. The number of carbonyl (C=O) groups is 1. The SMILES string of the molecule is CN=C(NCCC(=O)NC1CCCC1)NCC(C)Oc1ccc(F)cc1.I. The summed E-state index contributed by atoms with van der Waals surface area (Å²) in [6.07, 6.45) is 4.89. The number of ether oxygens (including phenoxy) is 1. The second-order valence-corrected chi connectivity index (χ2v) is 6.56. The third kappa shape index (κ3) is 9.25. The van der Waals surface area contributed by atoms with Crippen LogP contribution >= 0.6 is 24.0 Å². The maximum Gasteiger partial charge on any atom is 0.221 e. The van der Waals surface area contributed by atoms with Gasteiger partial charge in [0.15, 0.2) is 5.96 Å². The molecule has 1 atom stereocenters. The van der Waals surface area contributed by atoms with Gasteiger partial charge in [0.2, 0.25) is 5.91 Å². The lowest BCUT2D eigenvalue weighted by atomic mass is 10.2. The van der Waals surface area contributed by atoms with Crippen molar-refractivity contribution in [3.63, 3.8) is 0 Å². The Bertz CT molecular complexity index is 592. The van der Waals surface area contributed by atoms with Crippen LogP contribution in [-0.2, 0) is 4.79 Å². The Morgan fingerprint density at radius 1 is 1.26 bits per heavy atom. The van der Waals surface area contributed by atoms with E-state index in [4.69, 9.17) is 4.74 Å². The zero-order valence-electron chi connectivity index (χ0n) is 16.0. The van der Waals surface area contributed by atoms with Gasteiger partial charge in [-0.15, -0.1) is 24.0 Å². The summed E-state index contributed by atoms with van der Waals surface area (Å²) in [6, 6.07) is 6.28. The molecule has 3 N–H and O–H groups in total. The molecule has 0 radical (unpaired) electrons. The van der Waals surface area contributed by atoms with Crippen LogP contribution in [0.5, 0.6) is 5.75 Å². The summed E-state index contributed by atoms with van der Waals surface area (Å²) < 4.78 is 18.6. The summed E-state index contributed by atoms with van der Waals surface area (Å²) in [5.74, 6) is 1.03. The van der Waals surface area contributed by atoms with E-state index < -0.39 is 0 Å². The maximum absolute atomic E-state index is 12.9. The second-order valence-electron chi connectivity index (χ2n) is 6.56. The van der Waals surface area contributed by atoms with Gasteiger partial charge in [0.05, 0.1) is 6.54 Å². The molecule has 0 saturated heterocycles. The molecule has 2 rings (SSSR count). The summed E-state index contributed by atoms with van der Waals surface area (Å²) in [4.78, 5) is 16.0. The molecule has 0 aliphatic heterocycles. The Kier molecular flexibility index (Phi) is 11.1. The first kappa shape index (κ1) is 23.5. The van der Waals surface area contributed by atoms with Crippen molar-refractivity contribution in [3.8, 4) is 5.75 Å². The van der Waals surface area contributed by atoms with Crippen molar-refractivity contribution in [2.24, 2.45) is 4.99 Å². The lowest BCUT2D eigenvalue weighted by molar-refractivity contribution is -0.121. The highest BCUT2D eigenvalue weighted by molar-refractivity contribution is 14.0. The first-order valence-electron chi connectivity index (χ1n) is 9.23. The molecule has 1 unspecified atom stereocenters. The van der Waals surface area contributed by atoms with Gasteiger partial charge < -0.3 is 20.7 Å². The predicted molar refractivity (Wildman–Crippen MR) is 116 cm³/mol. The molecule has 1 aromatic rings. The third-order valence-electron chi connectivity index (χ3n) is 4.30. The zero-order chi connectivity index (χ0) is 18.8. The van der Waals surface area contributed by atoms with Crippen molar-refractivity contribution in [1.29, 1.82) is 0 Å². The number of hydrogen-bond donors (Lipinski definition) is 3. The standard InChI is InChI=1S/C19H29FN4O2.HI/c1-14(26-17-9-7-15(20)8-10-17)13-23-19(21-2)22-12-11-18(25)24-16-5-3-4-6-16;/h7-10,14,16H,3-6,11-13H2,1-2H3,(H,24,25)(H2,21,22,23);1H. The van der Waals surface area contributed by atoms with Gasteiger partial charge in [-0.2, -0.15) is 0 Å². The van der Waals surface area contributed by atoms with Crippen molar-refractivity contribution >= 4 is 35.8 Å². The van der Waals surface area contributed by atoms with Crippen molar-refractivity contribution < 1.29 is 13.9 Å². The number of hydrogen-bond acceptors (Lipinski definition) is 3. The average molecular weight is 492 g/mol. The van der Waals surface area contributed by atoms with Crippen LogP contribution < -0.4 is 20.7 Å². The van der Waals surface area contributed by atoms with E-state index >= 15 is 0 Å². The van der Waals surface area contributed by atoms with Crippen LogP contribution in [0.25, 0.3) is 0 Å². The van der Waals surface area contributed by atoms with Crippen LogP contribution in [0.1, 0.15) is 39.0 Å². The summed E-state index contributed by atoms with van der Waals surface area (Å²) in [5, 5.41) is 9.35. The van der Waals surface area contributed by atoms with E-state index in [0.29, 0.717) is 37.3 Å². The number of halogens is 2. The van der Waals surface area contributed by atoms with Crippen LogP contribution in [0.15, 0.2) is 29.3 Å². The van der Waals surface area contributed by atoms with Gasteiger partial charge in [-0.3, -0.25) is 9.79 Å². The lowest BCUT2D eigenvalue weighted by Gasteiger charge is -2.18. The van der Waals surface area contributed by atoms with Crippen LogP contribution in [-0.4, -0.2) is 44.1 Å². The molecule has 1 aliphatic carbocycles. The molecule has 1 aliphatic rings. The Morgan fingerprint density at radius 2 is 1.93 bits per heavy atom. The largest absolute Gasteiger partial charge is 0.489 e. The normalized spacial score (nSPS) is 15.6. The fourth-order valence-corrected chi connectivity index (χ4v) is 2.91. The molecule has 8 heteroatoms. The number of carbonyl (C=O) groups excluding carboxylic acids is 1. The van der Waals surface area contributed by atoms with E-state index in [9.17, 15) is 9.18 Å². The van der Waals surface area contributed by atoms with E-state index in [1.165, 1.54) is 25.0 Å². The number of rotatable bonds is 8. The fourth-order valence-electron chi connectivity index (χ4n) is 2.91. The molecule has 0 spiro atoms. The number of nitrogens with zero attached hydrogens (tertiary/aromatic N) is 1. The molecule has 1 saturated carbocycles. The molecule has 1 aromatic carbocycles. The van der Waals surface area contributed by atoms with Gasteiger partial charge in [0.1, 0.15) is 17.7 Å². The first-order chi connectivity index (χ1) is 12.6. The maximum atomic E-state index is 12.9. The van der Waals surface area contributed by atoms with Crippen LogP contribution in [0.3, 0.4) is 0 Å². The van der Waals surface area contributed by atoms with Crippen LogP contribution in [0.4, 0.5) is 4.39 Å². The Morgan fingerprint density at radius 3 is 2.56 bits per heavy atom. The number of aliphatic imine (C=N–C) groups is 1. The topological polar surface area (TPSA) is 74.8 Å². The third-order valence-corrected chi connectivity index (χ3v) is 4.30. The van der Waals surface area contributed by atoms with Gasteiger partial charge >= 0.3 is 0 Å². The van der Waals surface area contributed by atoms with Crippen molar-refractivity contribution in [3.05, 3.63) is 30.1 Å². The van der Waals surface area contributed by atoms with E-state index in [0.717, 1.165) is 12.8 Å². The Balaban J connectivity index is 0.00000364. The number of benzene rings is 1. The van der Waals surface area contributed by atoms with Gasteiger partial charge in [-0.1, -0.05) is 12.8 Å². The minimum Gasteiger partial charge on any atom is -0.489 e. The average Bonchev–Trinajstić information content (AvgIpc) is 3.12. The molecule has 1 fully saturated rings. The summed E-state index contributed by atoms with van der Waals surface area (Å²) in [6.45, 7) is 2.97. The molecule has 152 valence electrons. The minimum atomic E-state index is -0.287. The predicted octanol–water partition coefficient (Wildman–Crippen LogP) is 2.82. The number of amides is 1. The smallest absolute Gasteiger partial charge is 0.221 e. The molecule has 0 aromatic heterocycles. The Hall–Kier alpha value is -1.58. The van der Waals surface area contributed by atoms with Gasteiger partial charge in [0.25, 0.3) is 0 Å². The van der Waals surface area contributed by atoms with E-state index in [1.54, 1.807) is 19.2 Å². The summed E-state index contributed by atoms with van der Waals surface area (Å²) >= 11 is 0. The first-order valence-corrected chi connectivity index (χ1v) is 9.23. The van der Waals surface area contributed by atoms with Crippen molar-refractivity contribution in [1.82, 2.24) is 16.0 Å². The molecule has 27 heavy (non-hydrogen) atoms. The lowest BCUT2D eigenvalue weighted by Crippen LogP contribution is -2.43. The highest BCUT2D eigenvalue weighted by atomic mass is 127. The quantitative estimate of drug-likeness (QED) is 0.297. The molecule has 6 nitrogen and oxygen atoms in total. The highest BCUT2D eigenvalue weighted by Gasteiger charge is 2.16. The van der Waals surface area contributed by atoms with Crippen molar-refractivity contribution in [2.75, 3.05) is 20.1 Å². The fraction of sp³-hybridized carbons (Fsp3) is 0.579. The van der Waals surface area contributed by atoms with Crippen LogP contribution in [0.2, 0.25) is 0 Å². The van der Waals surface area contributed by atoms with Crippen molar-refractivity contribution in [2.45, 2.75) is 51.2 Å². The number of nitrogens with one attached hydrogen (secondary N) is 3. The highest BCUT2D eigenvalue weighted by Crippen LogP contribution is 2.17. The van der Waals surface area contributed by atoms with E-state index in [-0.39, 0.29) is 41.8 Å². The minimum absolute atomic E-state index is 0. The zero-order valence-corrected chi connectivity index (χ0v) is 18.3. The van der Waals surface area contributed by atoms with Gasteiger partial charge in [0, 0.05) is 26.1 Å². The number of guanidine groups is 1.